The molecule has 1 saturated heterocycles. The molecule has 2 rings (SSSR count). The first kappa shape index (κ1) is 9.65. The van der Waals surface area contributed by atoms with Crippen LogP contribution in [-0.4, -0.2) is 24.6 Å². The molecule has 0 radical (unpaired) electrons. The van der Waals surface area contributed by atoms with Crippen LogP contribution >= 0.6 is 0 Å². The Balaban J connectivity index is 1.92. The van der Waals surface area contributed by atoms with Crippen molar-refractivity contribution in [2.45, 2.75) is 18.8 Å². The molecule has 0 aliphatic carbocycles. The second-order valence-corrected chi connectivity index (χ2v) is 3.33. The Morgan fingerprint density at radius 2 is 1.86 bits per heavy atom. The summed E-state index contributed by atoms with van der Waals surface area (Å²) in [5.74, 6) is 0. The zero-order valence-electron chi connectivity index (χ0n) is 7.93. The Morgan fingerprint density at radius 1 is 1.21 bits per heavy atom. The second kappa shape index (κ2) is 4.55. The molecule has 1 aromatic carbocycles. The molecule has 1 fully saturated rings. The highest BCUT2D eigenvalue weighted by Gasteiger charge is 2.20. The van der Waals surface area contributed by atoms with Crippen molar-refractivity contribution in [1.29, 1.82) is 0 Å². The highest BCUT2D eigenvalue weighted by molar-refractivity contribution is 5.17. The van der Waals surface area contributed by atoms with Crippen LogP contribution in [0.25, 0.3) is 0 Å². The average molecular weight is 194 g/mol. The summed E-state index contributed by atoms with van der Waals surface area (Å²) < 4.78 is 10.5. The number of rotatable bonds is 3. The number of ether oxygens (including phenoxy) is 2. The maximum absolute atomic E-state index is 9.82. The van der Waals surface area contributed by atoms with Gasteiger partial charge in [0.15, 0.2) is 6.29 Å². The highest BCUT2D eigenvalue weighted by atomic mass is 16.7. The SMILES string of the molecule is OC(CC1OCCO1)c1ccccc1. The Labute approximate surface area is 83.3 Å². The summed E-state index contributed by atoms with van der Waals surface area (Å²) >= 11 is 0. The largest absolute Gasteiger partial charge is 0.388 e. The lowest BCUT2D eigenvalue weighted by molar-refractivity contribution is -0.0707. The van der Waals surface area contributed by atoms with Gasteiger partial charge in [-0.15, -0.1) is 0 Å². The van der Waals surface area contributed by atoms with Crippen LogP contribution in [0.5, 0.6) is 0 Å². The van der Waals surface area contributed by atoms with Gasteiger partial charge < -0.3 is 14.6 Å². The Hall–Kier alpha value is -0.900. The minimum absolute atomic E-state index is 0.245. The molecule has 1 N–H and O–H groups in total. The second-order valence-electron chi connectivity index (χ2n) is 3.33. The third-order valence-electron chi connectivity index (χ3n) is 2.29. The minimum atomic E-state index is -0.501. The van der Waals surface area contributed by atoms with Crippen molar-refractivity contribution >= 4 is 0 Å². The molecule has 76 valence electrons. The van der Waals surface area contributed by atoms with E-state index in [0.717, 1.165) is 5.56 Å². The van der Waals surface area contributed by atoms with Gasteiger partial charge in [0.25, 0.3) is 0 Å². The van der Waals surface area contributed by atoms with Crippen molar-refractivity contribution in [3.63, 3.8) is 0 Å². The van der Waals surface area contributed by atoms with Crippen molar-refractivity contribution in [3.05, 3.63) is 35.9 Å². The molecule has 1 aliphatic heterocycles. The summed E-state index contributed by atoms with van der Waals surface area (Å²) in [6, 6.07) is 9.56. The van der Waals surface area contributed by atoms with E-state index in [9.17, 15) is 5.11 Å². The molecule has 1 heterocycles. The predicted molar refractivity (Wildman–Crippen MR) is 51.7 cm³/mol. The van der Waals surface area contributed by atoms with E-state index in [1.54, 1.807) is 0 Å². The summed E-state index contributed by atoms with van der Waals surface area (Å²) in [5.41, 5.74) is 0.909. The minimum Gasteiger partial charge on any atom is -0.388 e. The van der Waals surface area contributed by atoms with Crippen LogP contribution in [0.15, 0.2) is 30.3 Å². The van der Waals surface area contributed by atoms with E-state index in [4.69, 9.17) is 9.47 Å². The van der Waals surface area contributed by atoms with Crippen LogP contribution in [0.3, 0.4) is 0 Å². The molecule has 1 aliphatic rings. The maximum Gasteiger partial charge on any atom is 0.160 e. The fourth-order valence-corrected chi connectivity index (χ4v) is 1.54. The number of aliphatic hydroxyl groups excluding tert-OH is 1. The third-order valence-corrected chi connectivity index (χ3v) is 2.29. The number of hydrogen-bond acceptors (Lipinski definition) is 3. The number of aliphatic hydroxyl groups is 1. The summed E-state index contributed by atoms with van der Waals surface area (Å²) in [6.45, 7) is 1.26. The fourth-order valence-electron chi connectivity index (χ4n) is 1.54. The molecule has 1 unspecified atom stereocenters. The quantitative estimate of drug-likeness (QED) is 0.792. The van der Waals surface area contributed by atoms with Gasteiger partial charge >= 0.3 is 0 Å². The van der Waals surface area contributed by atoms with E-state index in [1.807, 2.05) is 30.3 Å². The highest BCUT2D eigenvalue weighted by Crippen LogP contribution is 2.21. The van der Waals surface area contributed by atoms with E-state index < -0.39 is 6.10 Å². The smallest absolute Gasteiger partial charge is 0.160 e. The third kappa shape index (κ3) is 2.32. The van der Waals surface area contributed by atoms with Crippen molar-refractivity contribution in [1.82, 2.24) is 0 Å². The first-order valence-corrected chi connectivity index (χ1v) is 4.82. The van der Waals surface area contributed by atoms with Crippen molar-refractivity contribution in [2.24, 2.45) is 0 Å². The monoisotopic (exact) mass is 194 g/mol. The van der Waals surface area contributed by atoms with Gasteiger partial charge in [0.05, 0.1) is 19.3 Å². The Bertz CT molecular complexity index is 267. The van der Waals surface area contributed by atoms with E-state index in [0.29, 0.717) is 19.6 Å². The summed E-state index contributed by atoms with van der Waals surface area (Å²) in [4.78, 5) is 0. The zero-order valence-corrected chi connectivity index (χ0v) is 7.93. The van der Waals surface area contributed by atoms with Gasteiger partial charge in [-0.05, 0) is 5.56 Å². The van der Waals surface area contributed by atoms with Gasteiger partial charge in [0.2, 0.25) is 0 Å². The van der Waals surface area contributed by atoms with Gasteiger partial charge in [-0.25, -0.2) is 0 Å². The van der Waals surface area contributed by atoms with Crippen molar-refractivity contribution in [3.8, 4) is 0 Å². The van der Waals surface area contributed by atoms with Crippen LogP contribution in [0, 0.1) is 0 Å². The lowest BCUT2D eigenvalue weighted by Crippen LogP contribution is -2.12. The van der Waals surface area contributed by atoms with Crippen LogP contribution in [0.2, 0.25) is 0 Å². The summed E-state index contributed by atoms with van der Waals surface area (Å²) in [6.07, 6.45) is -0.242. The van der Waals surface area contributed by atoms with Crippen LogP contribution in [0.4, 0.5) is 0 Å². The van der Waals surface area contributed by atoms with Gasteiger partial charge in [-0.1, -0.05) is 30.3 Å². The molecular formula is C11H14O3. The van der Waals surface area contributed by atoms with Gasteiger partial charge in [-0.3, -0.25) is 0 Å². The van der Waals surface area contributed by atoms with Crippen molar-refractivity contribution in [2.75, 3.05) is 13.2 Å². The molecule has 0 bridgehead atoms. The summed E-state index contributed by atoms with van der Waals surface area (Å²) in [5, 5.41) is 9.82. The standard InChI is InChI=1S/C11H14O3/c12-10(8-11-13-6-7-14-11)9-4-2-1-3-5-9/h1-5,10-12H,6-8H2. The van der Waals surface area contributed by atoms with Gasteiger partial charge in [0.1, 0.15) is 0 Å². The van der Waals surface area contributed by atoms with E-state index in [-0.39, 0.29) is 6.29 Å². The molecule has 0 spiro atoms. The van der Waals surface area contributed by atoms with E-state index in [2.05, 4.69) is 0 Å². The maximum atomic E-state index is 9.82. The molecule has 0 saturated carbocycles. The van der Waals surface area contributed by atoms with Crippen molar-refractivity contribution < 1.29 is 14.6 Å². The normalized spacial score (nSPS) is 19.8. The van der Waals surface area contributed by atoms with E-state index >= 15 is 0 Å². The fraction of sp³-hybridized carbons (Fsp3) is 0.455. The summed E-state index contributed by atoms with van der Waals surface area (Å²) in [7, 11) is 0. The molecule has 14 heavy (non-hydrogen) atoms. The first-order chi connectivity index (χ1) is 6.86. The molecule has 0 aromatic heterocycles. The Kier molecular flexibility index (Phi) is 3.14. The number of hydrogen-bond donors (Lipinski definition) is 1. The van der Waals surface area contributed by atoms with E-state index in [1.165, 1.54) is 0 Å². The topological polar surface area (TPSA) is 38.7 Å². The molecule has 0 amide bonds. The van der Waals surface area contributed by atoms with Gasteiger partial charge in [-0.2, -0.15) is 0 Å². The lowest BCUT2D eigenvalue weighted by atomic mass is 10.1. The lowest BCUT2D eigenvalue weighted by Gasteiger charge is -2.14. The predicted octanol–water partition coefficient (Wildman–Crippen LogP) is 1.48. The van der Waals surface area contributed by atoms with Gasteiger partial charge in [0, 0.05) is 6.42 Å². The molecule has 3 heteroatoms. The molecule has 1 atom stereocenters. The Morgan fingerprint density at radius 3 is 2.50 bits per heavy atom. The van der Waals surface area contributed by atoms with Crippen LogP contribution < -0.4 is 0 Å². The first-order valence-electron chi connectivity index (χ1n) is 4.82. The van der Waals surface area contributed by atoms with Crippen LogP contribution in [-0.2, 0) is 9.47 Å². The van der Waals surface area contributed by atoms with Crippen LogP contribution in [0.1, 0.15) is 18.1 Å². The average Bonchev–Trinajstić information content (AvgIpc) is 2.72. The zero-order chi connectivity index (χ0) is 9.80. The molecule has 3 nitrogen and oxygen atoms in total. The molecular weight excluding hydrogens is 180 g/mol. The number of benzene rings is 1. The molecule has 1 aromatic rings.